The van der Waals surface area contributed by atoms with Crippen LogP contribution in [0.4, 0.5) is 0 Å². The number of aromatic nitrogens is 1. The molecule has 6 heteroatoms. The van der Waals surface area contributed by atoms with Crippen LogP contribution in [0.15, 0.2) is 34.9 Å². The summed E-state index contributed by atoms with van der Waals surface area (Å²) in [4.78, 5) is 12.7. The van der Waals surface area contributed by atoms with Gasteiger partial charge in [0.1, 0.15) is 5.69 Å². The van der Waals surface area contributed by atoms with Crippen LogP contribution in [-0.2, 0) is 11.3 Å². The van der Waals surface area contributed by atoms with E-state index in [-0.39, 0.29) is 16.7 Å². The summed E-state index contributed by atoms with van der Waals surface area (Å²) in [7, 11) is 0. The van der Waals surface area contributed by atoms with E-state index in [1.54, 1.807) is 0 Å². The number of nitrogens with zero attached hydrogens (tertiary/aromatic N) is 1. The Kier molecular flexibility index (Phi) is 4.08. The average molecular weight is 360 g/mol. The molecule has 0 bridgehead atoms. The molecule has 4 rings (SSSR count). The van der Waals surface area contributed by atoms with Crippen LogP contribution >= 0.6 is 11.6 Å². The van der Waals surface area contributed by atoms with Gasteiger partial charge in [0.2, 0.25) is 5.91 Å². The van der Waals surface area contributed by atoms with Crippen LogP contribution < -0.4 is 10.6 Å². The molecule has 1 spiro atoms. The number of halogens is 1. The van der Waals surface area contributed by atoms with Crippen LogP contribution in [0.2, 0.25) is 5.02 Å². The van der Waals surface area contributed by atoms with E-state index < -0.39 is 0 Å². The first-order valence-electron chi connectivity index (χ1n) is 8.73. The van der Waals surface area contributed by atoms with E-state index in [1.807, 2.05) is 30.3 Å². The fourth-order valence-electron chi connectivity index (χ4n) is 4.10. The van der Waals surface area contributed by atoms with E-state index in [4.69, 9.17) is 16.1 Å². The molecule has 2 aromatic rings. The van der Waals surface area contributed by atoms with E-state index in [1.165, 1.54) is 0 Å². The summed E-state index contributed by atoms with van der Waals surface area (Å²) in [5, 5.41) is 11.2. The maximum Gasteiger partial charge on any atom is 0.226 e. The fraction of sp³-hybridized carbons (Fsp3) is 0.474. The van der Waals surface area contributed by atoms with Crippen molar-refractivity contribution in [3.63, 3.8) is 0 Å². The highest BCUT2D eigenvalue weighted by molar-refractivity contribution is 6.30. The van der Waals surface area contributed by atoms with Crippen molar-refractivity contribution in [1.82, 2.24) is 15.8 Å². The lowest BCUT2D eigenvalue weighted by molar-refractivity contribution is -0.127. The van der Waals surface area contributed by atoms with Crippen LogP contribution in [-0.4, -0.2) is 24.2 Å². The summed E-state index contributed by atoms with van der Waals surface area (Å²) in [6.45, 7) is 4.47. The molecule has 1 atom stereocenters. The molecule has 5 nitrogen and oxygen atoms in total. The highest BCUT2D eigenvalue weighted by Crippen LogP contribution is 2.68. The molecule has 1 aliphatic carbocycles. The first-order valence-corrected chi connectivity index (χ1v) is 9.11. The predicted octanol–water partition coefficient (Wildman–Crippen LogP) is 3.39. The molecule has 0 radical (unpaired) electrons. The Bertz CT molecular complexity index is 780. The van der Waals surface area contributed by atoms with Crippen molar-refractivity contribution in [2.75, 3.05) is 13.1 Å². The third kappa shape index (κ3) is 2.96. The van der Waals surface area contributed by atoms with Crippen molar-refractivity contribution < 1.29 is 9.32 Å². The predicted molar refractivity (Wildman–Crippen MR) is 96.1 cm³/mol. The average Bonchev–Trinajstić information content (AvgIpc) is 2.98. The normalized spacial score (nSPS) is 24.2. The van der Waals surface area contributed by atoms with Crippen LogP contribution in [0.5, 0.6) is 0 Å². The molecule has 25 heavy (non-hydrogen) atoms. The Morgan fingerprint density at radius 3 is 2.76 bits per heavy atom. The lowest BCUT2D eigenvalue weighted by Gasteiger charge is -2.27. The number of carbonyl (C=O) groups excluding carboxylic acids is 1. The van der Waals surface area contributed by atoms with Crippen molar-refractivity contribution in [1.29, 1.82) is 0 Å². The Morgan fingerprint density at radius 1 is 1.32 bits per heavy atom. The first kappa shape index (κ1) is 16.6. The monoisotopic (exact) mass is 359 g/mol. The molecule has 2 aliphatic rings. The number of piperidine rings is 1. The number of nitrogens with one attached hydrogen (secondary N) is 2. The van der Waals surface area contributed by atoms with E-state index in [9.17, 15) is 4.79 Å². The van der Waals surface area contributed by atoms with Crippen molar-refractivity contribution in [2.24, 2.45) is 10.8 Å². The summed E-state index contributed by atoms with van der Waals surface area (Å²) < 4.78 is 5.36. The van der Waals surface area contributed by atoms with E-state index in [0.717, 1.165) is 43.6 Å². The van der Waals surface area contributed by atoms with Gasteiger partial charge in [-0.15, -0.1) is 0 Å². The van der Waals surface area contributed by atoms with Crippen molar-refractivity contribution in [3.05, 3.63) is 41.1 Å². The number of carbonyl (C=O) groups is 1. The maximum absolute atomic E-state index is 12.7. The molecule has 1 unspecified atom stereocenters. The minimum absolute atomic E-state index is 0.124. The van der Waals surface area contributed by atoms with Gasteiger partial charge >= 0.3 is 0 Å². The van der Waals surface area contributed by atoms with Gasteiger partial charge in [-0.05, 0) is 49.9 Å². The second-order valence-corrected chi connectivity index (χ2v) is 7.84. The number of benzene rings is 1. The molecule has 2 heterocycles. The molecule has 2 fully saturated rings. The van der Waals surface area contributed by atoms with Crippen LogP contribution in [0.25, 0.3) is 11.3 Å². The zero-order valence-electron chi connectivity index (χ0n) is 14.3. The smallest absolute Gasteiger partial charge is 0.226 e. The zero-order valence-corrected chi connectivity index (χ0v) is 15.0. The summed E-state index contributed by atoms with van der Waals surface area (Å²) in [5.41, 5.74) is 1.63. The van der Waals surface area contributed by atoms with E-state index in [0.29, 0.717) is 17.3 Å². The topological polar surface area (TPSA) is 67.2 Å². The van der Waals surface area contributed by atoms with Gasteiger partial charge in [0, 0.05) is 16.7 Å². The molecule has 1 amide bonds. The second-order valence-electron chi connectivity index (χ2n) is 7.41. The van der Waals surface area contributed by atoms with Crippen molar-refractivity contribution >= 4 is 17.5 Å². The Morgan fingerprint density at radius 2 is 2.04 bits per heavy atom. The third-order valence-corrected chi connectivity index (χ3v) is 6.17. The highest BCUT2D eigenvalue weighted by Gasteiger charge is 2.67. The molecule has 1 saturated heterocycles. The zero-order chi connectivity index (χ0) is 17.5. The number of hydrogen-bond acceptors (Lipinski definition) is 4. The molecular weight excluding hydrogens is 338 g/mol. The van der Waals surface area contributed by atoms with Crippen LogP contribution in [0, 0.1) is 10.8 Å². The molecule has 1 aromatic carbocycles. The summed E-state index contributed by atoms with van der Waals surface area (Å²) >= 11 is 5.90. The lowest BCUT2D eigenvalue weighted by atomic mass is 9.85. The highest BCUT2D eigenvalue weighted by atomic mass is 35.5. The second kappa shape index (κ2) is 6.15. The molecule has 1 aliphatic heterocycles. The van der Waals surface area contributed by atoms with Gasteiger partial charge in [0.25, 0.3) is 0 Å². The van der Waals surface area contributed by atoms with Crippen LogP contribution in [0.1, 0.15) is 31.9 Å². The van der Waals surface area contributed by atoms with Gasteiger partial charge in [-0.1, -0.05) is 35.8 Å². The fourth-order valence-corrected chi connectivity index (χ4v) is 4.23. The third-order valence-electron chi connectivity index (χ3n) is 5.92. The van der Waals surface area contributed by atoms with Gasteiger partial charge < -0.3 is 15.2 Å². The molecule has 2 N–H and O–H groups in total. The van der Waals surface area contributed by atoms with E-state index >= 15 is 0 Å². The largest absolute Gasteiger partial charge is 0.359 e. The number of amides is 1. The minimum atomic E-state index is -0.242. The summed E-state index contributed by atoms with van der Waals surface area (Å²) in [6.07, 6.45) is 3.15. The standard InChI is InChI=1S/C19H22ClN3O2/c1-18(12-19(18)6-8-21-9-7-19)17(24)22-11-15-10-16(23-25-15)13-2-4-14(20)5-3-13/h2-5,10,21H,6-9,11-12H2,1H3,(H,22,24). The Labute approximate surface area is 152 Å². The first-order chi connectivity index (χ1) is 12.0. The Balaban J connectivity index is 1.37. The Hall–Kier alpha value is -1.85. The molecule has 132 valence electrons. The molecule has 1 aromatic heterocycles. The van der Waals surface area contributed by atoms with E-state index in [2.05, 4.69) is 22.7 Å². The van der Waals surface area contributed by atoms with Crippen LogP contribution in [0.3, 0.4) is 0 Å². The van der Waals surface area contributed by atoms with Gasteiger partial charge in [-0.2, -0.15) is 0 Å². The van der Waals surface area contributed by atoms with Gasteiger partial charge in [-0.25, -0.2) is 0 Å². The number of hydrogen-bond donors (Lipinski definition) is 2. The van der Waals surface area contributed by atoms with Gasteiger partial charge in [0.15, 0.2) is 5.76 Å². The lowest BCUT2D eigenvalue weighted by Crippen LogP contribution is -2.38. The molecular formula is C19H22ClN3O2. The summed E-state index contributed by atoms with van der Waals surface area (Å²) in [5.74, 6) is 0.778. The van der Waals surface area contributed by atoms with Gasteiger partial charge in [0.05, 0.1) is 12.0 Å². The molecule has 1 saturated carbocycles. The maximum atomic E-state index is 12.7. The van der Waals surface area contributed by atoms with Crippen molar-refractivity contribution in [2.45, 2.75) is 32.7 Å². The number of rotatable bonds is 4. The minimum Gasteiger partial charge on any atom is -0.359 e. The quantitative estimate of drug-likeness (QED) is 0.878. The van der Waals surface area contributed by atoms with Gasteiger partial charge in [-0.3, -0.25) is 4.79 Å². The van der Waals surface area contributed by atoms with Crippen molar-refractivity contribution in [3.8, 4) is 11.3 Å². The SMILES string of the molecule is CC1(C(=O)NCc2cc(-c3ccc(Cl)cc3)no2)CC12CCNCC2. The summed E-state index contributed by atoms with van der Waals surface area (Å²) in [6, 6.07) is 9.29.